The molecule has 2 heterocycles. The Hall–Kier alpha value is -3.38. The smallest absolute Gasteiger partial charge is 0.227 e. The van der Waals surface area contributed by atoms with Crippen molar-refractivity contribution in [2.75, 3.05) is 12.4 Å². The maximum Gasteiger partial charge on any atom is 0.227 e. The van der Waals surface area contributed by atoms with Gasteiger partial charge in [-0.15, -0.1) is 0 Å². The number of aryl methyl sites for hydroxylation is 2. The first-order chi connectivity index (χ1) is 15.0. The van der Waals surface area contributed by atoms with E-state index in [4.69, 9.17) is 21.3 Å². The first-order valence-electron chi connectivity index (χ1n) is 10.1. The number of methoxy groups -OCH3 is 1. The molecule has 1 N–H and O–H groups in total. The van der Waals surface area contributed by atoms with Gasteiger partial charge in [0.25, 0.3) is 0 Å². The molecule has 0 bridgehead atoms. The van der Waals surface area contributed by atoms with E-state index in [2.05, 4.69) is 22.2 Å². The number of nitrogens with zero attached hydrogens (tertiary/aromatic N) is 4. The van der Waals surface area contributed by atoms with Crippen molar-refractivity contribution < 1.29 is 4.74 Å². The van der Waals surface area contributed by atoms with Crippen LogP contribution in [0, 0.1) is 6.92 Å². The maximum atomic E-state index is 6.00. The fourth-order valence-electron chi connectivity index (χ4n) is 3.34. The van der Waals surface area contributed by atoms with E-state index in [0.29, 0.717) is 12.4 Å². The van der Waals surface area contributed by atoms with Crippen LogP contribution in [0.5, 0.6) is 5.75 Å². The predicted octanol–water partition coefficient (Wildman–Crippen LogP) is 5.53. The topological polar surface area (TPSA) is 64.9 Å². The summed E-state index contributed by atoms with van der Waals surface area (Å²) in [7, 11) is 1.66. The van der Waals surface area contributed by atoms with Crippen LogP contribution in [0.25, 0.3) is 5.69 Å². The van der Waals surface area contributed by atoms with Gasteiger partial charge in [-0.05, 0) is 49.2 Å². The molecule has 31 heavy (non-hydrogen) atoms. The highest BCUT2D eigenvalue weighted by Crippen LogP contribution is 2.28. The fraction of sp³-hybridized carbons (Fsp3) is 0.208. The van der Waals surface area contributed by atoms with Gasteiger partial charge in [0.15, 0.2) is 0 Å². The van der Waals surface area contributed by atoms with Gasteiger partial charge in [-0.2, -0.15) is 0 Å². The average Bonchev–Trinajstić information content (AvgIpc) is 3.21. The van der Waals surface area contributed by atoms with E-state index in [0.717, 1.165) is 51.2 Å². The number of aromatic nitrogens is 4. The zero-order valence-corrected chi connectivity index (χ0v) is 18.5. The number of halogens is 1. The minimum Gasteiger partial charge on any atom is -0.494 e. The lowest BCUT2D eigenvalue weighted by Gasteiger charge is -2.13. The Balaban J connectivity index is 1.60. The molecule has 2 aromatic heterocycles. The molecule has 4 aromatic rings. The highest BCUT2D eigenvalue weighted by atomic mass is 35.5. The van der Waals surface area contributed by atoms with Crippen LogP contribution in [0.3, 0.4) is 0 Å². The molecular formula is C24H24ClN5O. The maximum absolute atomic E-state index is 6.00. The monoisotopic (exact) mass is 433 g/mol. The lowest BCUT2D eigenvalue weighted by atomic mass is 10.1. The van der Waals surface area contributed by atoms with Crippen LogP contribution in [0.4, 0.5) is 11.6 Å². The van der Waals surface area contributed by atoms with Crippen molar-refractivity contribution >= 4 is 23.2 Å². The van der Waals surface area contributed by atoms with Gasteiger partial charge >= 0.3 is 0 Å². The number of ether oxygens (including phenoxy) is 1. The van der Waals surface area contributed by atoms with Gasteiger partial charge in [0.1, 0.15) is 5.75 Å². The molecule has 0 aliphatic carbocycles. The van der Waals surface area contributed by atoms with Crippen molar-refractivity contribution in [3.63, 3.8) is 0 Å². The summed E-state index contributed by atoms with van der Waals surface area (Å²) in [6.07, 6.45) is 5.27. The first-order valence-corrected chi connectivity index (χ1v) is 10.5. The lowest BCUT2D eigenvalue weighted by molar-refractivity contribution is 0.413. The molecule has 0 radical (unpaired) electrons. The van der Waals surface area contributed by atoms with E-state index in [-0.39, 0.29) is 0 Å². The van der Waals surface area contributed by atoms with E-state index < -0.39 is 0 Å². The van der Waals surface area contributed by atoms with E-state index in [1.165, 1.54) is 0 Å². The molecule has 0 atom stereocenters. The van der Waals surface area contributed by atoms with Gasteiger partial charge in [-0.1, -0.05) is 30.7 Å². The summed E-state index contributed by atoms with van der Waals surface area (Å²) in [6.45, 7) is 4.04. The zero-order valence-electron chi connectivity index (χ0n) is 17.8. The van der Waals surface area contributed by atoms with Crippen LogP contribution in [0.1, 0.15) is 29.6 Å². The summed E-state index contributed by atoms with van der Waals surface area (Å²) in [5, 5.41) is 4.05. The van der Waals surface area contributed by atoms with Crippen molar-refractivity contribution in [1.29, 1.82) is 0 Å². The highest BCUT2D eigenvalue weighted by molar-refractivity contribution is 6.30. The molecule has 0 saturated carbocycles. The summed E-state index contributed by atoms with van der Waals surface area (Å²) >= 11 is 6.00. The molecular weight excluding hydrogens is 410 g/mol. The van der Waals surface area contributed by atoms with Gasteiger partial charge in [-0.25, -0.2) is 15.0 Å². The van der Waals surface area contributed by atoms with Crippen LogP contribution in [-0.4, -0.2) is 26.6 Å². The minimum atomic E-state index is 0.566. The Bertz CT molecular complexity index is 1190. The van der Waals surface area contributed by atoms with Gasteiger partial charge in [-0.3, -0.25) is 0 Å². The van der Waals surface area contributed by atoms with Crippen LogP contribution < -0.4 is 10.1 Å². The number of hydrogen-bond acceptors (Lipinski definition) is 5. The van der Waals surface area contributed by atoms with Crippen molar-refractivity contribution in [3.8, 4) is 11.4 Å². The summed E-state index contributed by atoms with van der Waals surface area (Å²) in [4.78, 5) is 13.7. The zero-order chi connectivity index (χ0) is 21.8. The number of imidazole rings is 1. The number of benzene rings is 2. The lowest BCUT2D eigenvalue weighted by Crippen LogP contribution is -2.05. The van der Waals surface area contributed by atoms with Crippen molar-refractivity contribution in [1.82, 2.24) is 19.5 Å². The van der Waals surface area contributed by atoms with Gasteiger partial charge < -0.3 is 14.6 Å². The first kappa shape index (κ1) is 20.9. The molecule has 0 unspecified atom stereocenters. The molecule has 0 aliphatic heterocycles. The van der Waals surface area contributed by atoms with E-state index >= 15 is 0 Å². The van der Waals surface area contributed by atoms with Crippen LogP contribution in [-0.2, 0) is 12.8 Å². The molecule has 7 heteroatoms. The fourth-order valence-corrected chi connectivity index (χ4v) is 3.47. The third-order valence-electron chi connectivity index (χ3n) is 4.92. The second kappa shape index (κ2) is 9.18. The van der Waals surface area contributed by atoms with E-state index in [1.54, 1.807) is 13.4 Å². The van der Waals surface area contributed by atoms with Crippen LogP contribution >= 0.6 is 11.6 Å². The SMILES string of the molecule is CCc1cc(Cc2ccc(Cl)cc2)nc(Nc2ccc(-n3cnc(C)c3)c(OC)c2)n1. The molecule has 0 aliphatic rings. The third kappa shape index (κ3) is 5.03. The molecule has 6 nitrogen and oxygen atoms in total. The molecule has 2 aromatic carbocycles. The minimum absolute atomic E-state index is 0.566. The van der Waals surface area contributed by atoms with Gasteiger partial charge in [0.05, 0.1) is 30.5 Å². The Morgan fingerprint density at radius 3 is 2.48 bits per heavy atom. The molecule has 0 saturated heterocycles. The highest BCUT2D eigenvalue weighted by Gasteiger charge is 2.10. The Morgan fingerprint density at radius 1 is 1.03 bits per heavy atom. The standard InChI is InChI=1S/C24H24ClN5O/c1-4-19-12-21(11-17-5-7-18(25)8-6-17)29-24(27-19)28-20-9-10-22(23(13-20)31-3)30-14-16(2)26-15-30/h5-10,12-15H,4,11H2,1-3H3,(H,27,28,29). The second-order valence-corrected chi connectivity index (χ2v) is 7.70. The largest absolute Gasteiger partial charge is 0.494 e. The quantitative estimate of drug-likeness (QED) is 0.415. The predicted molar refractivity (Wildman–Crippen MR) is 124 cm³/mol. The van der Waals surface area contributed by atoms with Crippen LogP contribution in [0.2, 0.25) is 5.02 Å². The Labute approximate surface area is 186 Å². The Kier molecular flexibility index (Phi) is 6.18. The van der Waals surface area contributed by atoms with Crippen molar-refractivity contribution in [2.24, 2.45) is 0 Å². The molecule has 0 spiro atoms. The Morgan fingerprint density at radius 2 is 1.81 bits per heavy atom. The van der Waals surface area contributed by atoms with Crippen LogP contribution in [0.15, 0.2) is 61.1 Å². The number of hydrogen-bond donors (Lipinski definition) is 1. The van der Waals surface area contributed by atoms with Gasteiger partial charge in [0, 0.05) is 35.1 Å². The normalized spacial score (nSPS) is 10.8. The number of anilines is 2. The number of nitrogens with one attached hydrogen (secondary N) is 1. The molecule has 158 valence electrons. The van der Waals surface area contributed by atoms with E-state index in [9.17, 15) is 0 Å². The molecule has 0 fully saturated rings. The van der Waals surface area contributed by atoms with E-state index in [1.807, 2.05) is 66.2 Å². The second-order valence-electron chi connectivity index (χ2n) is 7.26. The van der Waals surface area contributed by atoms with Crippen molar-refractivity contribution in [3.05, 3.63) is 88.7 Å². The van der Waals surface area contributed by atoms with Gasteiger partial charge in [0.2, 0.25) is 5.95 Å². The number of rotatable bonds is 7. The molecule has 4 rings (SSSR count). The summed E-state index contributed by atoms with van der Waals surface area (Å²) < 4.78 is 7.55. The van der Waals surface area contributed by atoms with Crippen molar-refractivity contribution in [2.45, 2.75) is 26.7 Å². The summed E-state index contributed by atoms with van der Waals surface area (Å²) in [5.41, 5.74) is 5.80. The summed E-state index contributed by atoms with van der Waals surface area (Å²) in [5.74, 6) is 1.30. The summed E-state index contributed by atoms with van der Waals surface area (Å²) in [6, 6.07) is 15.8. The average molecular weight is 434 g/mol. The third-order valence-corrected chi connectivity index (χ3v) is 5.17. The molecule has 0 amide bonds.